The van der Waals surface area contributed by atoms with Gasteiger partial charge in [-0.3, -0.25) is 9.69 Å². The zero-order chi connectivity index (χ0) is 31.6. The number of fused-ring (bicyclic) bond motifs is 3. The topological polar surface area (TPSA) is 53.2 Å². The molecular formula is C40H21N5O. The van der Waals surface area contributed by atoms with Gasteiger partial charge in [0.05, 0.1) is 31.5 Å². The highest BCUT2D eigenvalue weighted by atomic mass is 16.3. The Morgan fingerprint density at radius 2 is 1.22 bits per heavy atom. The molecule has 6 nitrogen and oxygen atoms in total. The Hall–Kier alpha value is -7.12. The summed E-state index contributed by atoms with van der Waals surface area (Å²) >= 11 is 0. The molecule has 0 saturated carbocycles. The van der Waals surface area contributed by atoms with E-state index in [-0.39, 0.29) is 0 Å². The smallest absolute Gasteiger partial charge is 0.195 e. The molecule has 7 aromatic rings. The highest BCUT2D eigenvalue weighted by Gasteiger charge is 2.19. The van der Waals surface area contributed by atoms with E-state index in [1.807, 2.05) is 84.9 Å². The molecule has 1 aromatic heterocycles. The molecule has 0 bridgehead atoms. The van der Waals surface area contributed by atoms with Gasteiger partial charge in [-0.2, -0.15) is 5.26 Å². The molecule has 212 valence electrons. The predicted octanol–water partition coefficient (Wildman–Crippen LogP) is 11.9. The van der Waals surface area contributed by atoms with Crippen LogP contribution < -0.4 is 4.90 Å². The number of nitrogens with zero attached hydrogens (tertiary/aromatic N) is 5. The molecule has 1 heterocycles. The van der Waals surface area contributed by atoms with Crippen molar-refractivity contribution in [3.8, 4) is 28.3 Å². The van der Waals surface area contributed by atoms with E-state index in [1.54, 1.807) is 30.3 Å². The molecule has 0 aliphatic heterocycles. The van der Waals surface area contributed by atoms with Crippen LogP contribution in [0.5, 0.6) is 0 Å². The molecule has 0 aliphatic rings. The summed E-state index contributed by atoms with van der Waals surface area (Å²) in [5.41, 5.74) is 9.24. The van der Waals surface area contributed by atoms with Crippen LogP contribution in [0.15, 0.2) is 132 Å². The van der Waals surface area contributed by atoms with Gasteiger partial charge in [0.15, 0.2) is 22.6 Å². The van der Waals surface area contributed by atoms with Crippen LogP contribution in [0.3, 0.4) is 0 Å². The normalized spacial score (nSPS) is 10.5. The number of rotatable bonds is 5. The van der Waals surface area contributed by atoms with Crippen molar-refractivity contribution >= 4 is 56.1 Å². The van der Waals surface area contributed by atoms with Crippen molar-refractivity contribution in [2.24, 2.45) is 0 Å². The number of anilines is 3. The van der Waals surface area contributed by atoms with E-state index in [4.69, 9.17) is 24.1 Å². The van der Waals surface area contributed by atoms with E-state index in [0.717, 1.165) is 61.3 Å². The minimum Gasteiger partial charge on any atom is -0.454 e. The van der Waals surface area contributed by atoms with Crippen molar-refractivity contribution in [2.75, 3.05) is 4.90 Å². The molecule has 0 fully saturated rings. The van der Waals surface area contributed by atoms with Gasteiger partial charge in [-0.15, -0.1) is 0 Å². The van der Waals surface area contributed by atoms with Gasteiger partial charge >= 0.3 is 0 Å². The fourth-order valence-electron chi connectivity index (χ4n) is 5.74. The van der Waals surface area contributed by atoms with Crippen molar-refractivity contribution in [1.82, 2.24) is 0 Å². The highest BCUT2D eigenvalue weighted by molar-refractivity contribution is 6.10. The van der Waals surface area contributed by atoms with Crippen LogP contribution >= 0.6 is 0 Å². The van der Waals surface area contributed by atoms with Crippen molar-refractivity contribution in [3.05, 3.63) is 167 Å². The summed E-state index contributed by atoms with van der Waals surface area (Å²) in [5.74, 6) is 0. The fraction of sp³-hybridized carbons (Fsp3) is 0. The quantitative estimate of drug-likeness (QED) is 0.188. The Morgan fingerprint density at radius 3 is 1.89 bits per heavy atom. The van der Waals surface area contributed by atoms with Gasteiger partial charge in [-0.05, 0) is 76.9 Å². The molecule has 0 unspecified atom stereocenters. The predicted molar refractivity (Wildman–Crippen MR) is 183 cm³/mol. The lowest BCUT2D eigenvalue weighted by atomic mass is 10.0. The van der Waals surface area contributed by atoms with Crippen molar-refractivity contribution in [2.45, 2.75) is 0 Å². The Morgan fingerprint density at radius 1 is 0.565 bits per heavy atom. The van der Waals surface area contributed by atoms with Crippen molar-refractivity contribution < 1.29 is 4.42 Å². The van der Waals surface area contributed by atoms with Crippen molar-refractivity contribution in [1.29, 1.82) is 5.26 Å². The third-order valence-corrected chi connectivity index (χ3v) is 7.93. The summed E-state index contributed by atoms with van der Waals surface area (Å²) in [7, 11) is 0. The van der Waals surface area contributed by atoms with Crippen LogP contribution in [0, 0.1) is 31.0 Å². The van der Waals surface area contributed by atoms with Crippen LogP contribution in [-0.4, -0.2) is 0 Å². The van der Waals surface area contributed by atoms with E-state index >= 15 is 0 Å². The second-order valence-corrected chi connectivity index (χ2v) is 10.6. The Kier molecular flexibility index (Phi) is 6.94. The van der Waals surface area contributed by atoms with E-state index in [1.165, 1.54) is 0 Å². The summed E-state index contributed by atoms with van der Waals surface area (Å²) in [5, 5.41) is 11.5. The first-order valence-corrected chi connectivity index (χ1v) is 14.3. The molecule has 7 rings (SSSR count). The third kappa shape index (κ3) is 4.86. The summed E-state index contributed by atoms with van der Waals surface area (Å²) in [4.78, 5) is 12.7. The molecule has 6 heteroatoms. The van der Waals surface area contributed by atoms with Gasteiger partial charge in [-0.1, -0.05) is 72.8 Å². The van der Waals surface area contributed by atoms with Crippen LogP contribution in [0.2, 0.25) is 0 Å². The van der Waals surface area contributed by atoms with Gasteiger partial charge in [0.2, 0.25) is 0 Å². The second-order valence-electron chi connectivity index (χ2n) is 10.6. The van der Waals surface area contributed by atoms with Crippen LogP contribution in [0.4, 0.5) is 34.1 Å². The Balaban J connectivity index is 1.36. The minimum atomic E-state index is 0.332. The number of para-hydroxylation sites is 2. The van der Waals surface area contributed by atoms with E-state index in [0.29, 0.717) is 22.6 Å². The maximum atomic E-state index is 9.49. The number of furan rings is 1. The molecule has 0 atom stereocenters. The lowest BCUT2D eigenvalue weighted by molar-refractivity contribution is 0.669. The zero-order valence-electron chi connectivity index (χ0n) is 24.3. The summed E-state index contributed by atoms with van der Waals surface area (Å²) in [6, 6.07) is 42.8. The molecule has 0 saturated heterocycles. The molecule has 0 radical (unpaired) electrons. The molecule has 6 aromatic carbocycles. The molecular weight excluding hydrogens is 566 g/mol. The Labute approximate surface area is 265 Å². The van der Waals surface area contributed by atoms with Gasteiger partial charge in [0, 0.05) is 27.7 Å². The highest BCUT2D eigenvalue weighted by Crippen LogP contribution is 2.43. The number of hydrogen-bond donors (Lipinski definition) is 0. The molecule has 46 heavy (non-hydrogen) atoms. The van der Waals surface area contributed by atoms with E-state index in [9.17, 15) is 5.26 Å². The minimum absolute atomic E-state index is 0.332. The summed E-state index contributed by atoms with van der Waals surface area (Å²) < 4.78 is 6.44. The molecule has 0 spiro atoms. The van der Waals surface area contributed by atoms with Crippen LogP contribution in [0.1, 0.15) is 5.56 Å². The average Bonchev–Trinajstić information content (AvgIpc) is 3.51. The fourth-order valence-corrected chi connectivity index (χ4v) is 5.74. The molecule has 0 amide bonds. The Bertz CT molecular complexity index is 2430. The van der Waals surface area contributed by atoms with Gasteiger partial charge < -0.3 is 9.32 Å². The van der Waals surface area contributed by atoms with Gasteiger partial charge in [0.1, 0.15) is 5.58 Å². The zero-order valence-corrected chi connectivity index (χ0v) is 24.3. The molecule has 0 N–H and O–H groups in total. The maximum absolute atomic E-state index is 9.49. The first-order valence-electron chi connectivity index (χ1n) is 14.3. The van der Waals surface area contributed by atoms with Crippen LogP contribution in [0.25, 0.3) is 58.7 Å². The number of benzene rings is 6. The lowest BCUT2D eigenvalue weighted by Crippen LogP contribution is -2.10. The van der Waals surface area contributed by atoms with Crippen molar-refractivity contribution in [3.63, 3.8) is 0 Å². The first kappa shape index (κ1) is 27.7. The largest absolute Gasteiger partial charge is 0.454 e. The van der Waals surface area contributed by atoms with Crippen LogP contribution in [-0.2, 0) is 0 Å². The molecule has 0 aliphatic carbocycles. The average molecular weight is 588 g/mol. The van der Waals surface area contributed by atoms with Gasteiger partial charge in [-0.25, -0.2) is 4.85 Å². The van der Waals surface area contributed by atoms with E-state index < -0.39 is 0 Å². The maximum Gasteiger partial charge on any atom is 0.195 e. The SMILES string of the molecule is [C-]#[N+]c1cc(C#N)cc(-c2ccc(N(c3ccc(-c4ccc([N+]#[C-])c([N+]#[C-])c4)cc3)c3cccc4c3oc3ccccc34)cc2)c1. The number of hydrogen-bond acceptors (Lipinski definition) is 3. The summed E-state index contributed by atoms with van der Waals surface area (Å²) in [6.07, 6.45) is 0. The second kappa shape index (κ2) is 11.5. The number of nitriles is 1. The first-order chi connectivity index (χ1) is 22.6. The van der Waals surface area contributed by atoms with Gasteiger partial charge in [0.25, 0.3) is 0 Å². The monoisotopic (exact) mass is 587 g/mol. The lowest BCUT2D eigenvalue weighted by Gasteiger charge is -2.26. The van der Waals surface area contributed by atoms with E-state index in [2.05, 4.69) is 37.6 Å². The standard InChI is InChI=1S/C40H21N5O/c1-42-31-22-26(25-41)21-30(23-31)28-13-18-33(19-14-28)45(38-9-6-8-35-34-7-4-5-10-39(34)46-40(35)38)32-16-11-27(12-17-32)29-15-20-36(43-2)37(24-29)44-3/h4-24H. The third-order valence-electron chi connectivity index (χ3n) is 7.93. The summed E-state index contributed by atoms with van der Waals surface area (Å²) in [6.45, 7) is 22.3.